The second kappa shape index (κ2) is 16.4. The van der Waals surface area contributed by atoms with Gasteiger partial charge in [0.15, 0.2) is 5.58 Å². The predicted molar refractivity (Wildman–Crippen MR) is 151 cm³/mol. The number of ether oxygens (including phenoxy) is 1. The van der Waals surface area contributed by atoms with Crippen molar-refractivity contribution in [3.05, 3.63) is 58.8 Å². The van der Waals surface area contributed by atoms with Crippen molar-refractivity contribution < 1.29 is 9.26 Å². The van der Waals surface area contributed by atoms with Crippen LogP contribution >= 0.6 is 24.8 Å². The van der Waals surface area contributed by atoms with Crippen LogP contribution in [0.3, 0.4) is 0 Å². The van der Waals surface area contributed by atoms with Crippen molar-refractivity contribution in [3.8, 4) is 11.8 Å². The highest BCUT2D eigenvalue weighted by Crippen LogP contribution is 2.31. The van der Waals surface area contributed by atoms with Crippen LogP contribution in [-0.2, 0) is 13.0 Å². The summed E-state index contributed by atoms with van der Waals surface area (Å²) in [5.74, 6) is 1.60. The predicted octanol–water partition coefficient (Wildman–Crippen LogP) is 6.32. The van der Waals surface area contributed by atoms with E-state index in [2.05, 4.69) is 40.5 Å². The number of aromatic nitrogens is 1. The summed E-state index contributed by atoms with van der Waals surface area (Å²) in [4.78, 5) is 2.47. The molecule has 2 aromatic carbocycles. The Kier molecular flexibility index (Phi) is 14.5. The van der Waals surface area contributed by atoms with Crippen molar-refractivity contribution in [2.45, 2.75) is 52.5 Å². The summed E-state index contributed by atoms with van der Waals surface area (Å²) < 4.78 is 11.5. The van der Waals surface area contributed by atoms with E-state index in [1.165, 1.54) is 12.8 Å². The fourth-order valence-corrected chi connectivity index (χ4v) is 4.50. The number of hydrogen-bond acceptors (Lipinski definition) is 6. The molecule has 1 N–H and O–H groups in total. The summed E-state index contributed by atoms with van der Waals surface area (Å²) >= 11 is 0. The molecule has 0 aliphatic carbocycles. The Bertz CT molecular complexity index is 1090. The summed E-state index contributed by atoms with van der Waals surface area (Å²) in [6.07, 6.45) is 5.46. The molecule has 0 spiro atoms. The maximum atomic E-state index is 9.31. The van der Waals surface area contributed by atoms with Gasteiger partial charge in [-0.15, -0.1) is 24.8 Å². The van der Waals surface area contributed by atoms with Gasteiger partial charge in [0.2, 0.25) is 0 Å². The Balaban J connectivity index is 0.00000123. The molecule has 3 aromatic rings. The third-order valence-corrected chi connectivity index (χ3v) is 6.40. The van der Waals surface area contributed by atoms with Crippen molar-refractivity contribution in [3.63, 3.8) is 0 Å². The summed E-state index contributed by atoms with van der Waals surface area (Å²) in [6.45, 7) is 7.90. The zero-order valence-electron chi connectivity index (χ0n) is 21.9. The Morgan fingerprint density at radius 3 is 2.50 bits per heavy atom. The summed E-state index contributed by atoms with van der Waals surface area (Å²) in [5.41, 5.74) is 4.88. The Hall–Kier alpha value is -2.30. The molecule has 0 atom stereocenters. The molecular formula is C28H40Cl2N4O2. The zero-order chi connectivity index (χ0) is 24.3. The highest BCUT2D eigenvalue weighted by atomic mass is 35.5. The van der Waals surface area contributed by atoms with E-state index in [4.69, 9.17) is 9.26 Å². The van der Waals surface area contributed by atoms with Crippen molar-refractivity contribution >= 4 is 35.8 Å². The molecule has 1 fully saturated rings. The lowest BCUT2D eigenvalue weighted by molar-refractivity contribution is 0.172. The minimum atomic E-state index is 0. The average Bonchev–Trinajstić information content (AvgIpc) is 3.28. The van der Waals surface area contributed by atoms with Crippen LogP contribution in [0.2, 0.25) is 0 Å². The Morgan fingerprint density at radius 1 is 1.14 bits per heavy atom. The minimum absolute atomic E-state index is 0. The molecule has 1 aromatic heterocycles. The number of piperidine rings is 1. The van der Waals surface area contributed by atoms with Gasteiger partial charge < -0.3 is 14.6 Å². The molecule has 0 saturated carbocycles. The third kappa shape index (κ3) is 8.38. The van der Waals surface area contributed by atoms with Crippen LogP contribution in [0, 0.1) is 24.2 Å². The van der Waals surface area contributed by atoms with E-state index in [0.29, 0.717) is 12.5 Å². The number of nitrogens with zero attached hydrogens (tertiary/aromatic N) is 3. The number of benzene rings is 2. The van der Waals surface area contributed by atoms with Crippen molar-refractivity contribution in [2.24, 2.45) is 5.92 Å². The van der Waals surface area contributed by atoms with Gasteiger partial charge in [0.25, 0.3) is 0 Å². The largest absolute Gasteiger partial charge is 0.493 e. The SMILES string of the molecule is CCCOc1ccc2c(CCC3CCN(Cc4ccccc4C#N)CC3)noc2c1C.CNC.Cl.Cl. The number of likely N-dealkylation sites (tertiary alicyclic amines) is 1. The quantitative estimate of drug-likeness (QED) is 0.364. The summed E-state index contributed by atoms with van der Waals surface area (Å²) in [7, 11) is 3.75. The summed E-state index contributed by atoms with van der Waals surface area (Å²) in [5, 5.41) is 17.6. The summed E-state index contributed by atoms with van der Waals surface area (Å²) in [6, 6.07) is 14.4. The smallest absolute Gasteiger partial charge is 0.173 e. The van der Waals surface area contributed by atoms with Gasteiger partial charge in [-0.1, -0.05) is 30.3 Å². The van der Waals surface area contributed by atoms with Gasteiger partial charge in [0, 0.05) is 17.5 Å². The topological polar surface area (TPSA) is 74.3 Å². The molecule has 2 heterocycles. The first kappa shape index (κ1) is 31.7. The fourth-order valence-electron chi connectivity index (χ4n) is 4.50. The second-order valence-corrected chi connectivity index (χ2v) is 9.07. The first-order chi connectivity index (χ1) is 16.6. The van der Waals surface area contributed by atoms with Crippen LogP contribution < -0.4 is 10.1 Å². The standard InChI is InChI=1S/C26H31N3O2.C2H7N.2ClH/c1-3-16-30-25-11-9-23-24(28-31-26(23)19(25)2)10-8-20-12-14-29(15-13-20)18-22-7-5-4-6-21(22)17-27;1-3-2;;/h4-7,9,11,20H,3,8,10,12-16,18H2,1-2H3;3H,1-2H3;2*1H. The molecule has 1 aliphatic rings. The number of nitriles is 1. The number of rotatable bonds is 8. The number of halogens is 2. The van der Waals surface area contributed by atoms with Gasteiger partial charge in [-0.3, -0.25) is 4.90 Å². The van der Waals surface area contributed by atoms with Crippen LogP contribution in [0.25, 0.3) is 11.0 Å². The number of fused-ring (bicyclic) bond motifs is 1. The lowest BCUT2D eigenvalue weighted by Crippen LogP contribution is -2.33. The Labute approximate surface area is 228 Å². The molecular weight excluding hydrogens is 495 g/mol. The van der Waals surface area contributed by atoms with Crippen molar-refractivity contribution in [2.75, 3.05) is 33.8 Å². The minimum Gasteiger partial charge on any atom is -0.493 e. The molecule has 0 unspecified atom stereocenters. The van der Waals surface area contributed by atoms with Crippen LogP contribution in [0.15, 0.2) is 40.9 Å². The van der Waals surface area contributed by atoms with E-state index < -0.39 is 0 Å². The van der Waals surface area contributed by atoms with Gasteiger partial charge in [-0.25, -0.2) is 0 Å². The van der Waals surface area contributed by atoms with Gasteiger partial charge in [-0.05, 0) is 95.9 Å². The molecule has 1 aliphatic heterocycles. The molecule has 1 saturated heterocycles. The molecule has 36 heavy (non-hydrogen) atoms. The van der Waals surface area contributed by atoms with E-state index in [9.17, 15) is 5.26 Å². The monoisotopic (exact) mass is 534 g/mol. The average molecular weight is 536 g/mol. The zero-order valence-corrected chi connectivity index (χ0v) is 23.5. The van der Waals surface area contributed by atoms with E-state index in [1.54, 1.807) is 0 Å². The molecule has 6 nitrogen and oxygen atoms in total. The Morgan fingerprint density at radius 2 is 1.83 bits per heavy atom. The van der Waals surface area contributed by atoms with E-state index in [-0.39, 0.29) is 24.8 Å². The third-order valence-electron chi connectivity index (χ3n) is 6.40. The normalized spacial score (nSPS) is 13.6. The van der Waals surface area contributed by atoms with Crippen LogP contribution in [0.4, 0.5) is 0 Å². The van der Waals surface area contributed by atoms with Gasteiger partial charge in [0.05, 0.1) is 23.9 Å². The van der Waals surface area contributed by atoms with E-state index >= 15 is 0 Å². The van der Waals surface area contributed by atoms with Gasteiger partial charge >= 0.3 is 0 Å². The van der Waals surface area contributed by atoms with E-state index in [0.717, 1.165) is 78.0 Å². The van der Waals surface area contributed by atoms with Gasteiger partial charge in [0.1, 0.15) is 5.75 Å². The highest BCUT2D eigenvalue weighted by Gasteiger charge is 2.21. The van der Waals surface area contributed by atoms with Crippen LogP contribution in [-0.4, -0.2) is 43.8 Å². The highest BCUT2D eigenvalue weighted by molar-refractivity contribution is 5.86. The second-order valence-electron chi connectivity index (χ2n) is 9.07. The maximum absolute atomic E-state index is 9.31. The number of nitrogens with one attached hydrogen (secondary N) is 1. The molecule has 0 amide bonds. The van der Waals surface area contributed by atoms with Gasteiger partial charge in [-0.2, -0.15) is 5.26 Å². The first-order valence-corrected chi connectivity index (χ1v) is 12.4. The molecule has 8 heteroatoms. The fraction of sp³-hybridized carbons (Fsp3) is 0.500. The van der Waals surface area contributed by atoms with E-state index in [1.807, 2.05) is 45.3 Å². The number of hydrogen-bond donors (Lipinski definition) is 1. The lowest BCUT2D eigenvalue weighted by Gasteiger charge is -2.32. The van der Waals surface area contributed by atoms with Crippen LogP contribution in [0.1, 0.15) is 55.0 Å². The molecule has 198 valence electrons. The number of aryl methyl sites for hydroxylation is 2. The van der Waals surface area contributed by atoms with Crippen LogP contribution in [0.5, 0.6) is 5.75 Å². The maximum Gasteiger partial charge on any atom is 0.173 e. The van der Waals surface area contributed by atoms with Crippen molar-refractivity contribution in [1.29, 1.82) is 5.26 Å². The molecule has 0 radical (unpaired) electrons. The first-order valence-electron chi connectivity index (χ1n) is 12.4. The molecule has 4 rings (SSSR count). The van der Waals surface area contributed by atoms with Crippen molar-refractivity contribution in [1.82, 2.24) is 15.4 Å². The lowest BCUT2D eigenvalue weighted by atomic mass is 9.90. The molecule has 0 bridgehead atoms.